The molecule has 1 aliphatic rings. The van der Waals surface area contributed by atoms with Crippen LogP contribution in [0.25, 0.3) is 11.1 Å². The fourth-order valence-electron chi connectivity index (χ4n) is 3.39. The number of carbonyl (C=O) groups excluding carboxylic acids is 2. The normalized spacial score (nSPS) is 17.6. The Morgan fingerprint density at radius 1 is 1.04 bits per heavy atom. The number of carbonyl (C=O) groups is 2. The number of phenols is 1. The largest absolute Gasteiger partial charge is 0.511 e. The first kappa shape index (κ1) is 17.0. The minimum absolute atomic E-state index is 0.0337. The minimum Gasteiger partial charge on any atom is -0.511 e. The summed E-state index contributed by atoms with van der Waals surface area (Å²) in [4.78, 5) is 24.8. The zero-order valence-electron chi connectivity index (χ0n) is 14.0. The number of hydrogen-bond acceptors (Lipinski definition) is 4. The SMILES string of the molecule is CCC(O)=C1C(=O)CC(c2ccccc2-c2cccc(O)c2)CC1=O. The van der Waals surface area contributed by atoms with Crippen LogP contribution in [-0.4, -0.2) is 21.8 Å². The van der Waals surface area contributed by atoms with Crippen LogP contribution < -0.4 is 0 Å². The molecule has 0 bridgehead atoms. The van der Waals surface area contributed by atoms with Gasteiger partial charge in [-0.05, 0) is 34.7 Å². The number of aromatic hydroxyl groups is 1. The van der Waals surface area contributed by atoms with Gasteiger partial charge in [-0.1, -0.05) is 43.3 Å². The predicted molar refractivity (Wildman–Crippen MR) is 95.5 cm³/mol. The number of benzene rings is 2. The van der Waals surface area contributed by atoms with Crippen molar-refractivity contribution in [3.05, 3.63) is 65.4 Å². The Morgan fingerprint density at radius 2 is 1.72 bits per heavy atom. The van der Waals surface area contributed by atoms with Crippen molar-refractivity contribution in [2.45, 2.75) is 32.1 Å². The van der Waals surface area contributed by atoms with Crippen molar-refractivity contribution in [1.29, 1.82) is 0 Å². The van der Waals surface area contributed by atoms with E-state index in [9.17, 15) is 19.8 Å². The van der Waals surface area contributed by atoms with Crippen LogP contribution in [0, 0.1) is 0 Å². The minimum atomic E-state index is -0.300. The van der Waals surface area contributed by atoms with Gasteiger partial charge in [0.25, 0.3) is 0 Å². The van der Waals surface area contributed by atoms with Gasteiger partial charge in [-0.3, -0.25) is 9.59 Å². The Labute approximate surface area is 146 Å². The lowest BCUT2D eigenvalue weighted by atomic mass is 9.77. The number of rotatable bonds is 3. The van der Waals surface area contributed by atoms with Gasteiger partial charge in [-0.15, -0.1) is 0 Å². The van der Waals surface area contributed by atoms with Crippen LogP contribution in [0.1, 0.15) is 37.7 Å². The van der Waals surface area contributed by atoms with Crippen LogP contribution in [0.4, 0.5) is 0 Å². The van der Waals surface area contributed by atoms with E-state index < -0.39 is 0 Å². The molecule has 25 heavy (non-hydrogen) atoms. The van der Waals surface area contributed by atoms with E-state index in [-0.39, 0.29) is 53.8 Å². The van der Waals surface area contributed by atoms with Crippen molar-refractivity contribution in [3.63, 3.8) is 0 Å². The third-order valence-corrected chi connectivity index (χ3v) is 4.60. The lowest BCUT2D eigenvalue weighted by Gasteiger charge is -2.25. The molecule has 2 aromatic rings. The molecule has 3 rings (SSSR count). The molecule has 0 aromatic heterocycles. The molecule has 0 aliphatic heterocycles. The molecule has 2 aromatic carbocycles. The second-order valence-corrected chi connectivity index (χ2v) is 6.26. The summed E-state index contributed by atoms with van der Waals surface area (Å²) in [5.74, 6) is -0.777. The fraction of sp³-hybridized carbons (Fsp3) is 0.238. The quantitative estimate of drug-likeness (QED) is 0.498. The van der Waals surface area contributed by atoms with Crippen LogP contribution in [0.15, 0.2) is 59.9 Å². The molecule has 1 saturated carbocycles. The van der Waals surface area contributed by atoms with Crippen molar-refractivity contribution in [2.75, 3.05) is 0 Å². The number of phenolic OH excluding ortho intramolecular Hbond substituents is 1. The van der Waals surface area contributed by atoms with Crippen LogP contribution in [0.5, 0.6) is 5.75 Å². The smallest absolute Gasteiger partial charge is 0.170 e. The number of allylic oxidation sites excluding steroid dienone is 2. The van der Waals surface area contributed by atoms with Gasteiger partial charge < -0.3 is 10.2 Å². The molecule has 0 atom stereocenters. The zero-order chi connectivity index (χ0) is 18.0. The van der Waals surface area contributed by atoms with E-state index in [1.54, 1.807) is 25.1 Å². The average Bonchev–Trinajstić information content (AvgIpc) is 2.61. The second-order valence-electron chi connectivity index (χ2n) is 6.26. The number of Topliss-reactive ketones (excluding diaryl/α,β-unsaturated/α-hetero) is 2. The highest BCUT2D eigenvalue weighted by Crippen LogP contribution is 2.38. The van der Waals surface area contributed by atoms with E-state index in [4.69, 9.17) is 0 Å². The van der Waals surface area contributed by atoms with E-state index in [0.29, 0.717) is 0 Å². The summed E-state index contributed by atoms with van der Waals surface area (Å²) in [6.07, 6.45) is 0.666. The summed E-state index contributed by atoms with van der Waals surface area (Å²) in [5, 5.41) is 19.6. The van der Waals surface area contributed by atoms with Gasteiger partial charge in [-0.2, -0.15) is 0 Å². The average molecular weight is 336 g/mol. The maximum atomic E-state index is 12.4. The highest BCUT2D eigenvalue weighted by atomic mass is 16.3. The van der Waals surface area contributed by atoms with E-state index in [2.05, 4.69) is 0 Å². The van der Waals surface area contributed by atoms with Gasteiger partial charge in [-0.25, -0.2) is 0 Å². The van der Waals surface area contributed by atoms with E-state index in [1.165, 1.54) is 0 Å². The Bertz CT molecular complexity index is 844. The first-order valence-corrected chi connectivity index (χ1v) is 8.38. The van der Waals surface area contributed by atoms with Gasteiger partial charge in [0, 0.05) is 19.3 Å². The summed E-state index contributed by atoms with van der Waals surface area (Å²) in [5.41, 5.74) is 2.61. The fourth-order valence-corrected chi connectivity index (χ4v) is 3.39. The third kappa shape index (κ3) is 3.33. The van der Waals surface area contributed by atoms with Crippen LogP contribution >= 0.6 is 0 Å². The number of hydrogen-bond donors (Lipinski definition) is 2. The van der Waals surface area contributed by atoms with Gasteiger partial charge in [0.2, 0.25) is 0 Å². The Kier molecular flexibility index (Phi) is 4.70. The second kappa shape index (κ2) is 6.93. The Morgan fingerprint density at radius 3 is 2.36 bits per heavy atom. The molecule has 0 amide bonds. The van der Waals surface area contributed by atoms with Crippen LogP contribution in [0.2, 0.25) is 0 Å². The summed E-state index contributed by atoms with van der Waals surface area (Å²) < 4.78 is 0. The van der Waals surface area contributed by atoms with Gasteiger partial charge in [0.1, 0.15) is 11.5 Å². The molecule has 0 unspecified atom stereocenters. The van der Waals surface area contributed by atoms with Gasteiger partial charge in [0.05, 0.1) is 5.57 Å². The number of aliphatic hydroxyl groups excluding tert-OH is 1. The maximum Gasteiger partial charge on any atom is 0.170 e. The lowest BCUT2D eigenvalue weighted by Crippen LogP contribution is -2.26. The van der Waals surface area contributed by atoms with Crippen molar-refractivity contribution in [2.24, 2.45) is 0 Å². The standard InChI is InChI=1S/C21H20O4/c1-2-18(23)21-19(24)11-14(12-20(21)25)17-9-4-3-8-16(17)13-6-5-7-15(22)10-13/h3-10,14,22-23H,2,11-12H2,1H3. The molecule has 0 heterocycles. The van der Waals surface area contributed by atoms with Crippen LogP contribution in [0.3, 0.4) is 0 Å². The monoisotopic (exact) mass is 336 g/mol. The van der Waals surface area contributed by atoms with E-state index in [1.807, 2.05) is 30.3 Å². The molecule has 0 spiro atoms. The Hall–Kier alpha value is -2.88. The first-order valence-electron chi connectivity index (χ1n) is 8.38. The number of aliphatic hydroxyl groups is 1. The molecule has 1 aliphatic carbocycles. The third-order valence-electron chi connectivity index (χ3n) is 4.60. The molecule has 4 nitrogen and oxygen atoms in total. The van der Waals surface area contributed by atoms with Crippen LogP contribution in [-0.2, 0) is 9.59 Å². The Balaban J connectivity index is 2.00. The summed E-state index contributed by atoms with van der Waals surface area (Å²) in [7, 11) is 0. The molecule has 4 heteroatoms. The van der Waals surface area contributed by atoms with Crippen molar-refractivity contribution in [1.82, 2.24) is 0 Å². The van der Waals surface area contributed by atoms with E-state index >= 15 is 0 Å². The molecule has 2 N–H and O–H groups in total. The van der Waals surface area contributed by atoms with Crippen molar-refractivity contribution >= 4 is 11.6 Å². The molecule has 0 saturated heterocycles. The van der Waals surface area contributed by atoms with Gasteiger partial charge in [0.15, 0.2) is 11.6 Å². The van der Waals surface area contributed by atoms with Gasteiger partial charge >= 0.3 is 0 Å². The highest BCUT2D eigenvalue weighted by Gasteiger charge is 2.34. The molecule has 1 fully saturated rings. The molecular weight excluding hydrogens is 316 g/mol. The maximum absolute atomic E-state index is 12.4. The summed E-state index contributed by atoms with van der Waals surface area (Å²) in [6.45, 7) is 1.71. The highest BCUT2D eigenvalue weighted by molar-refractivity contribution is 6.22. The summed E-state index contributed by atoms with van der Waals surface area (Å²) >= 11 is 0. The summed E-state index contributed by atoms with van der Waals surface area (Å²) in [6, 6.07) is 14.5. The van der Waals surface area contributed by atoms with E-state index in [0.717, 1.165) is 16.7 Å². The number of ketones is 2. The predicted octanol–water partition coefficient (Wildman–Crippen LogP) is 4.30. The molecule has 0 radical (unpaired) electrons. The topological polar surface area (TPSA) is 74.6 Å². The lowest BCUT2D eigenvalue weighted by molar-refractivity contribution is -0.124. The van der Waals surface area contributed by atoms with Crippen molar-refractivity contribution in [3.8, 4) is 16.9 Å². The van der Waals surface area contributed by atoms with Crippen molar-refractivity contribution < 1.29 is 19.8 Å². The first-order chi connectivity index (χ1) is 12.0. The zero-order valence-corrected chi connectivity index (χ0v) is 14.0. The molecule has 128 valence electrons. The molecular formula is C21H20O4.